The van der Waals surface area contributed by atoms with E-state index in [-0.39, 0.29) is 15.7 Å². The molecular formula is C12H8F5N3S. The molecule has 0 atom stereocenters. The number of hydrazine groups is 1. The number of nitrogens with zero attached hydrogens (tertiary/aromatic N) is 1. The van der Waals surface area contributed by atoms with Crippen LogP contribution in [0.1, 0.15) is 5.56 Å². The molecular weight excluding hydrogens is 313 g/mol. The van der Waals surface area contributed by atoms with Crippen LogP contribution in [0.15, 0.2) is 40.3 Å². The van der Waals surface area contributed by atoms with Gasteiger partial charge in [0.05, 0.1) is 5.56 Å². The molecule has 2 aromatic rings. The van der Waals surface area contributed by atoms with E-state index >= 15 is 0 Å². The van der Waals surface area contributed by atoms with Crippen molar-refractivity contribution in [2.24, 2.45) is 5.84 Å². The van der Waals surface area contributed by atoms with E-state index in [1.807, 2.05) is 5.43 Å². The number of anilines is 1. The summed E-state index contributed by atoms with van der Waals surface area (Å²) in [6, 6.07) is 4.54. The SMILES string of the molecule is NNc1cc(C(F)(F)F)cc(Sc2ccc(F)c(F)c2)n1. The smallest absolute Gasteiger partial charge is 0.308 e. The number of nitrogens with one attached hydrogen (secondary N) is 1. The van der Waals surface area contributed by atoms with Gasteiger partial charge in [0.2, 0.25) is 0 Å². The Morgan fingerprint density at radius 3 is 2.33 bits per heavy atom. The van der Waals surface area contributed by atoms with E-state index in [1.54, 1.807) is 0 Å². The molecule has 0 saturated heterocycles. The van der Waals surface area contributed by atoms with Crippen molar-refractivity contribution in [1.29, 1.82) is 0 Å². The van der Waals surface area contributed by atoms with Gasteiger partial charge in [-0.25, -0.2) is 19.6 Å². The normalized spacial score (nSPS) is 11.5. The maximum Gasteiger partial charge on any atom is 0.416 e. The number of nitrogen functional groups attached to an aromatic ring is 1. The number of rotatable bonds is 3. The minimum atomic E-state index is -4.57. The molecule has 2 rings (SSSR count). The fourth-order valence-electron chi connectivity index (χ4n) is 1.46. The van der Waals surface area contributed by atoms with E-state index in [2.05, 4.69) is 4.98 Å². The van der Waals surface area contributed by atoms with Crippen molar-refractivity contribution in [3.05, 3.63) is 47.5 Å². The van der Waals surface area contributed by atoms with E-state index in [0.29, 0.717) is 0 Å². The molecule has 1 heterocycles. The lowest BCUT2D eigenvalue weighted by atomic mass is 10.2. The molecule has 0 aliphatic carbocycles. The van der Waals surface area contributed by atoms with E-state index in [0.717, 1.165) is 36.0 Å². The van der Waals surface area contributed by atoms with Crippen molar-refractivity contribution in [2.75, 3.05) is 5.43 Å². The molecule has 3 N–H and O–H groups in total. The summed E-state index contributed by atoms with van der Waals surface area (Å²) in [5, 5.41) is -0.0521. The number of benzene rings is 1. The first-order valence-electron chi connectivity index (χ1n) is 5.48. The maximum atomic E-state index is 13.1. The highest BCUT2D eigenvalue weighted by Gasteiger charge is 2.31. The van der Waals surface area contributed by atoms with Gasteiger partial charge in [-0.1, -0.05) is 11.8 Å². The lowest BCUT2D eigenvalue weighted by Crippen LogP contribution is -2.12. The number of hydrogen-bond donors (Lipinski definition) is 2. The minimum Gasteiger partial charge on any atom is -0.308 e. The van der Waals surface area contributed by atoms with Gasteiger partial charge in [-0.05, 0) is 30.3 Å². The second kappa shape index (κ2) is 5.86. The van der Waals surface area contributed by atoms with Crippen molar-refractivity contribution < 1.29 is 22.0 Å². The second-order valence-corrected chi connectivity index (χ2v) is 4.99. The third-order valence-electron chi connectivity index (χ3n) is 2.39. The zero-order valence-electron chi connectivity index (χ0n) is 10.2. The number of alkyl halides is 3. The van der Waals surface area contributed by atoms with Gasteiger partial charge >= 0.3 is 6.18 Å². The number of hydrogen-bond acceptors (Lipinski definition) is 4. The van der Waals surface area contributed by atoms with Gasteiger partial charge in [0.1, 0.15) is 10.8 Å². The van der Waals surface area contributed by atoms with Crippen molar-refractivity contribution >= 4 is 17.6 Å². The van der Waals surface area contributed by atoms with Crippen LogP contribution in [0.2, 0.25) is 0 Å². The first-order chi connectivity index (χ1) is 9.79. The van der Waals surface area contributed by atoms with Crippen molar-refractivity contribution in [3.8, 4) is 0 Å². The van der Waals surface area contributed by atoms with Gasteiger partial charge in [-0.3, -0.25) is 0 Å². The Morgan fingerprint density at radius 2 is 1.76 bits per heavy atom. The van der Waals surface area contributed by atoms with E-state index in [1.165, 1.54) is 6.07 Å². The van der Waals surface area contributed by atoms with Gasteiger partial charge in [0.25, 0.3) is 0 Å². The average Bonchev–Trinajstić information content (AvgIpc) is 2.41. The number of nitrogens with two attached hydrogens (primary N) is 1. The van der Waals surface area contributed by atoms with Gasteiger partial charge in [0, 0.05) is 4.90 Å². The molecule has 1 aromatic carbocycles. The van der Waals surface area contributed by atoms with Crippen LogP contribution in [0, 0.1) is 11.6 Å². The van der Waals surface area contributed by atoms with E-state index in [4.69, 9.17) is 5.84 Å². The summed E-state index contributed by atoms with van der Waals surface area (Å²) in [6.45, 7) is 0. The summed E-state index contributed by atoms with van der Waals surface area (Å²) < 4.78 is 64.1. The summed E-state index contributed by atoms with van der Waals surface area (Å²) in [5.41, 5.74) is 1.08. The molecule has 0 spiro atoms. The van der Waals surface area contributed by atoms with Crippen LogP contribution in [0.3, 0.4) is 0 Å². The highest BCUT2D eigenvalue weighted by Crippen LogP contribution is 2.35. The predicted octanol–water partition coefficient (Wildman–Crippen LogP) is 3.82. The summed E-state index contributed by atoms with van der Waals surface area (Å²) in [6.07, 6.45) is -4.57. The monoisotopic (exact) mass is 321 g/mol. The first kappa shape index (κ1) is 15.5. The topological polar surface area (TPSA) is 50.9 Å². The van der Waals surface area contributed by atoms with E-state index in [9.17, 15) is 22.0 Å². The molecule has 1 aromatic heterocycles. The van der Waals surface area contributed by atoms with Gasteiger partial charge in [-0.2, -0.15) is 13.2 Å². The Hall–Kier alpha value is -1.87. The Morgan fingerprint density at radius 1 is 1.05 bits per heavy atom. The summed E-state index contributed by atoms with van der Waals surface area (Å²) in [7, 11) is 0. The average molecular weight is 321 g/mol. The molecule has 0 aliphatic heterocycles. The minimum absolute atomic E-state index is 0.0521. The Labute approximate surface area is 120 Å². The van der Waals surface area contributed by atoms with Crippen LogP contribution in [-0.2, 0) is 6.18 Å². The Balaban J connectivity index is 2.36. The molecule has 0 bridgehead atoms. The highest BCUT2D eigenvalue weighted by molar-refractivity contribution is 7.99. The van der Waals surface area contributed by atoms with Gasteiger partial charge < -0.3 is 5.43 Å². The summed E-state index contributed by atoms with van der Waals surface area (Å²) in [4.78, 5) is 4.04. The molecule has 3 nitrogen and oxygen atoms in total. The quantitative estimate of drug-likeness (QED) is 0.513. The van der Waals surface area contributed by atoms with Crippen LogP contribution in [-0.4, -0.2) is 4.98 Å². The fourth-order valence-corrected chi connectivity index (χ4v) is 2.33. The van der Waals surface area contributed by atoms with Crippen LogP contribution in [0.25, 0.3) is 0 Å². The summed E-state index contributed by atoms with van der Waals surface area (Å²) in [5.74, 6) is 2.75. The Bertz CT molecular complexity index is 660. The Kier molecular flexibility index (Phi) is 4.33. The predicted molar refractivity (Wildman–Crippen MR) is 67.5 cm³/mol. The zero-order valence-corrected chi connectivity index (χ0v) is 11.0. The van der Waals surface area contributed by atoms with E-state index < -0.39 is 23.4 Å². The lowest BCUT2D eigenvalue weighted by molar-refractivity contribution is -0.137. The zero-order chi connectivity index (χ0) is 15.6. The highest BCUT2D eigenvalue weighted by atomic mass is 32.2. The van der Waals surface area contributed by atoms with Crippen molar-refractivity contribution in [3.63, 3.8) is 0 Å². The van der Waals surface area contributed by atoms with Crippen LogP contribution in [0.4, 0.5) is 27.8 Å². The van der Waals surface area contributed by atoms with Crippen LogP contribution < -0.4 is 11.3 Å². The van der Waals surface area contributed by atoms with Gasteiger partial charge in [-0.15, -0.1) is 0 Å². The second-order valence-electron chi connectivity index (χ2n) is 3.90. The number of pyridine rings is 1. The molecule has 0 amide bonds. The molecule has 0 fully saturated rings. The fraction of sp³-hybridized carbons (Fsp3) is 0.0833. The first-order valence-corrected chi connectivity index (χ1v) is 6.30. The molecule has 0 aliphatic rings. The number of halogens is 5. The molecule has 0 saturated carbocycles. The molecule has 112 valence electrons. The summed E-state index contributed by atoms with van der Waals surface area (Å²) >= 11 is 0.757. The van der Waals surface area contributed by atoms with Crippen LogP contribution in [0.5, 0.6) is 0 Å². The largest absolute Gasteiger partial charge is 0.416 e. The molecule has 9 heteroatoms. The molecule has 0 radical (unpaired) electrons. The third-order valence-corrected chi connectivity index (χ3v) is 3.30. The standard InChI is InChI=1S/C12H8F5N3S/c13-8-2-1-7(5-9(8)14)21-11-4-6(12(15,16)17)3-10(19-11)20-18/h1-5H,18H2,(H,19,20). The van der Waals surface area contributed by atoms with Gasteiger partial charge in [0.15, 0.2) is 11.6 Å². The maximum absolute atomic E-state index is 13.1. The third kappa shape index (κ3) is 3.82. The van der Waals surface area contributed by atoms with Crippen LogP contribution >= 0.6 is 11.8 Å². The van der Waals surface area contributed by atoms with Crippen molar-refractivity contribution in [2.45, 2.75) is 16.1 Å². The number of aromatic nitrogens is 1. The molecule has 21 heavy (non-hydrogen) atoms. The lowest BCUT2D eigenvalue weighted by Gasteiger charge is -2.11. The van der Waals surface area contributed by atoms with Crippen molar-refractivity contribution in [1.82, 2.24) is 4.98 Å². The molecule has 0 unspecified atom stereocenters.